The molecule has 4 N–H and O–H groups in total. The van der Waals surface area contributed by atoms with Crippen molar-refractivity contribution >= 4 is 11.8 Å². The predicted molar refractivity (Wildman–Crippen MR) is 98.9 cm³/mol. The summed E-state index contributed by atoms with van der Waals surface area (Å²) in [5.41, 5.74) is 7.86. The molecule has 0 saturated heterocycles. The maximum atomic E-state index is 12.2. The van der Waals surface area contributed by atoms with Crippen LogP contribution in [-0.4, -0.2) is 17.9 Å². The highest BCUT2D eigenvalue weighted by molar-refractivity contribution is 5.94. The summed E-state index contributed by atoms with van der Waals surface area (Å²) in [6.07, 6.45) is 0.879. The molecule has 132 valence electrons. The van der Waals surface area contributed by atoms with E-state index < -0.39 is 11.9 Å². The van der Waals surface area contributed by atoms with E-state index in [2.05, 4.69) is 10.6 Å². The molecule has 0 bridgehead atoms. The zero-order valence-corrected chi connectivity index (χ0v) is 14.7. The van der Waals surface area contributed by atoms with Crippen LogP contribution >= 0.6 is 0 Å². The Morgan fingerprint density at radius 2 is 1.80 bits per heavy atom. The Kier molecular flexibility index (Phi) is 6.71. The van der Waals surface area contributed by atoms with Crippen LogP contribution in [0, 0.1) is 0 Å². The lowest BCUT2D eigenvalue weighted by Crippen LogP contribution is -2.33. The van der Waals surface area contributed by atoms with E-state index in [9.17, 15) is 9.59 Å². The standard InChI is InChI=1S/C20H25N3O2/c1-3-14(2)23-20(25)17-11-7-8-15(12-17)13-22-18(19(21)24)16-9-5-4-6-10-16/h4-12,14,18,22H,3,13H2,1-2H3,(H2,21,24)(H,23,25)/t14-,18+/m1/s1. The van der Waals surface area contributed by atoms with E-state index in [0.29, 0.717) is 12.1 Å². The molecular formula is C20H25N3O2. The molecule has 0 saturated carbocycles. The maximum Gasteiger partial charge on any atom is 0.251 e. The number of hydrogen-bond acceptors (Lipinski definition) is 3. The molecule has 2 amide bonds. The van der Waals surface area contributed by atoms with Crippen LogP contribution in [0.1, 0.15) is 47.8 Å². The number of primary amides is 1. The minimum atomic E-state index is -0.571. The lowest BCUT2D eigenvalue weighted by atomic mass is 10.1. The number of carbonyl (C=O) groups is 2. The van der Waals surface area contributed by atoms with Crippen molar-refractivity contribution in [3.63, 3.8) is 0 Å². The fraction of sp³-hybridized carbons (Fsp3) is 0.300. The Morgan fingerprint density at radius 1 is 1.08 bits per heavy atom. The highest BCUT2D eigenvalue weighted by Crippen LogP contribution is 2.14. The summed E-state index contributed by atoms with van der Waals surface area (Å²) in [4.78, 5) is 24.0. The van der Waals surface area contributed by atoms with Crippen LogP contribution in [0.2, 0.25) is 0 Å². The summed E-state index contributed by atoms with van der Waals surface area (Å²) in [7, 11) is 0. The Labute approximate surface area is 148 Å². The zero-order valence-electron chi connectivity index (χ0n) is 14.7. The molecular weight excluding hydrogens is 314 g/mol. The van der Waals surface area contributed by atoms with Crippen LogP contribution in [0.5, 0.6) is 0 Å². The molecule has 2 aromatic carbocycles. The number of nitrogens with one attached hydrogen (secondary N) is 2. The predicted octanol–water partition coefficient (Wildman–Crippen LogP) is 2.53. The van der Waals surface area contributed by atoms with Gasteiger partial charge in [-0.2, -0.15) is 0 Å². The number of hydrogen-bond donors (Lipinski definition) is 3. The molecule has 0 aromatic heterocycles. The Morgan fingerprint density at radius 3 is 2.44 bits per heavy atom. The van der Waals surface area contributed by atoms with Crippen molar-refractivity contribution in [3.05, 3.63) is 71.3 Å². The molecule has 25 heavy (non-hydrogen) atoms. The van der Waals surface area contributed by atoms with Crippen molar-refractivity contribution in [1.29, 1.82) is 0 Å². The van der Waals surface area contributed by atoms with Gasteiger partial charge < -0.3 is 11.1 Å². The smallest absolute Gasteiger partial charge is 0.251 e. The number of rotatable bonds is 8. The highest BCUT2D eigenvalue weighted by Gasteiger charge is 2.17. The number of carbonyl (C=O) groups excluding carboxylic acids is 2. The number of amides is 2. The van der Waals surface area contributed by atoms with E-state index in [-0.39, 0.29) is 11.9 Å². The van der Waals surface area contributed by atoms with E-state index in [1.165, 1.54) is 0 Å². The molecule has 0 fully saturated rings. The summed E-state index contributed by atoms with van der Waals surface area (Å²) in [6.45, 7) is 4.44. The molecule has 0 aliphatic carbocycles. The molecule has 0 aliphatic heterocycles. The van der Waals surface area contributed by atoms with Gasteiger partial charge in [-0.1, -0.05) is 49.4 Å². The van der Waals surface area contributed by atoms with Gasteiger partial charge in [0.05, 0.1) is 0 Å². The van der Waals surface area contributed by atoms with E-state index in [0.717, 1.165) is 17.5 Å². The second-order valence-corrected chi connectivity index (χ2v) is 6.11. The molecule has 0 aliphatic rings. The van der Waals surface area contributed by atoms with Gasteiger partial charge in [-0.25, -0.2) is 0 Å². The summed E-state index contributed by atoms with van der Waals surface area (Å²) in [6, 6.07) is 16.3. The molecule has 5 nitrogen and oxygen atoms in total. The summed E-state index contributed by atoms with van der Waals surface area (Å²) in [5, 5.41) is 6.11. The van der Waals surface area contributed by atoms with Crippen LogP contribution in [0.4, 0.5) is 0 Å². The van der Waals surface area contributed by atoms with Crippen molar-refractivity contribution in [2.24, 2.45) is 5.73 Å². The summed E-state index contributed by atoms with van der Waals surface area (Å²) in [5.74, 6) is -0.525. The van der Waals surface area contributed by atoms with Gasteiger partial charge in [-0.3, -0.25) is 14.9 Å². The minimum absolute atomic E-state index is 0.0919. The van der Waals surface area contributed by atoms with E-state index >= 15 is 0 Å². The molecule has 0 radical (unpaired) electrons. The third-order valence-corrected chi connectivity index (χ3v) is 4.11. The highest BCUT2D eigenvalue weighted by atomic mass is 16.2. The first-order valence-corrected chi connectivity index (χ1v) is 8.48. The second-order valence-electron chi connectivity index (χ2n) is 6.11. The van der Waals surface area contributed by atoms with Crippen molar-refractivity contribution in [2.45, 2.75) is 38.9 Å². The van der Waals surface area contributed by atoms with E-state index in [1.807, 2.05) is 62.4 Å². The molecule has 0 spiro atoms. The first-order chi connectivity index (χ1) is 12.0. The summed E-state index contributed by atoms with van der Waals surface area (Å²) >= 11 is 0. The van der Waals surface area contributed by atoms with Crippen LogP contribution in [0.3, 0.4) is 0 Å². The molecule has 2 aromatic rings. The molecule has 2 rings (SSSR count). The van der Waals surface area contributed by atoms with Gasteiger partial charge >= 0.3 is 0 Å². The Hall–Kier alpha value is -2.66. The van der Waals surface area contributed by atoms with Gasteiger partial charge in [0.15, 0.2) is 0 Å². The third-order valence-electron chi connectivity index (χ3n) is 4.11. The fourth-order valence-corrected chi connectivity index (χ4v) is 2.48. The number of benzene rings is 2. The lowest BCUT2D eigenvalue weighted by molar-refractivity contribution is -0.120. The van der Waals surface area contributed by atoms with Crippen molar-refractivity contribution in [2.75, 3.05) is 0 Å². The SMILES string of the molecule is CC[C@@H](C)NC(=O)c1cccc(CN[C@H](C(N)=O)c2ccccc2)c1. The van der Waals surface area contributed by atoms with Crippen molar-refractivity contribution < 1.29 is 9.59 Å². The van der Waals surface area contributed by atoms with Crippen LogP contribution < -0.4 is 16.4 Å². The number of nitrogens with two attached hydrogens (primary N) is 1. The van der Waals surface area contributed by atoms with Gasteiger partial charge in [0.1, 0.15) is 6.04 Å². The van der Waals surface area contributed by atoms with Gasteiger partial charge in [0.2, 0.25) is 5.91 Å². The normalized spacial score (nSPS) is 13.0. The first kappa shape index (κ1) is 18.7. The topological polar surface area (TPSA) is 84.2 Å². The molecule has 2 atom stereocenters. The van der Waals surface area contributed by atoms with Crippen LogP contribution in [0.15, 0.2) is 54.6 Å². The van der Waals surface area contributed by atoms with E-state index in [1.54, 1.807) is 6.07 Å². The molecule has 0 unspecified atom stereocenters. The van der Waals surface area contributed by atoms with Crippen molar-refractivity contribution in [1.82, 2.24) is 10.6 Å². The Balaban J connectivity index is 2.06. The van der Waals surface area contributed by atoms with Crippen LogP contribution in [-0.2, 0) is 11.3 Å². The van der Waals surface area contributed by atoms with Gasteiger partial charge in [0, 0.05) is 18.2 Å². The monoisotopic (exact) mass is 339 g/mol. The largest absolute Gasteiger partial charge is 0.368 e. The molecule has 0 heterocycles. The maximum absolute atomic E-state index is 12.2. The average Bonchev–Trinajstić information content (AvgIpc) is 2.62. The van der Waals surface area contributed by atoms with Gasteiger partial charge in [-0.15, -0.1) is 0 Å². The fourth-order valence-electron chi connectivity index (χ4n) is 2.48. The minimum Gasteiger partial charge on any atom is -0.368 e. The van der Waals surface area contributed by atoms with E-state index in [4.69, 9.17) is 5.73 Å². The van der Waals surface area contributed by atoms with Crippen LogP contribution in [0.25, 0.3) is 0 Å². The quantitative estimate of drug-likeness (QED) is 0.691. The Bertz CT molecular complexity index is 716. The summed E-state index contributed by atoms with van der Waals surface area (Å²) < 4.78 is 0. The van der Waals surface area contributed by atoms with Gasteiger partial charge in [0.25, 0.3) is 5.91 Å². The van der Waals surface area contributed by atoms with Crippen molar-refractivity contribution in [3.8, 4) is 0 Å². The average molecular weight is 339 g/mol. The third kappa shape index (κ3) is 5.43. The zero-order chi connectivity index (χ0) is 18.2. The second kappa shape index (κ2) is 8.99. The van der Waals surface area contributed by atoms with Gasteiger partial charge in [-0.05, 0) is 36.6 Å². The lowest BCUT2D eigenvalue weighted by Gasteiger charge is -2.16. The molecule has 5 heteroatoms. The first-order valence-electron chi connectivity index (χ1n) is 8.48.